The number of hydrogen-bond donors (Lipinski definition) is 2. The molecule has 1 aromatic rings. The molecule has 0 aromatic carbocycles. The maximum absolute atomic E-state index is 10.5. The SMILES string of the molecule is CC(=O)OCCSCn1nnc(CO)c1CO. The van der Waals surface area contributed by atoms with Crippen LogP contribution in [0.4, 0.5) is 0 Å². The van der Waals surface area contributed by atoms with E-state index >= 15 is 0 Å². The van der Waals surface area contributed by atoms with Gasteiger partial charge in [-0.25, -0.2) is 4.68 Å². The van der Waals surface area contributed by atoms with Crippen LogP contribution < -0.4 is 0 Å². The number of hydrogen-bond acceptors (Lipinski definition) is 7. The molecule has 8 heteroatoms. The number of esters is 1. The van der Waals surface area contributed by atoms with Gasteiger partial charge in [-0.1, -0.05) is 5.21 Å². The number of aliphatic hydroxyl groups is 2. The van der Waals surface area contributed by atoms with E-state index in [0.717, 1.165) is 0 Å². The van der Waals surface area contributed by atoms with E-state index in [4.69, 9.17) is 14.9 Å². The lowest BCUT2D eigenvalue weighted by molar-refractivity contribution is -0.140. The highest BCUT2D eigenvalue weighted by Crippen LogP contribution is 2.10. The van der Waals surface area contributed by atoms with Gasteiger partial charge >= 0.3 is 5.97 Å². The van der Waals surface area contributed by atoms with E-state index in [0.29, 0.717) is 29.6 Å². The van der Waals surface area contributed by atoms with Crippen LogP contribution in [0.2, 0.25) is 0 Å². The van der Waals surface area contributed by atoms with E-state index < -0.39 is 0 Å². The second kappa shape index (κ2) is 7.25. The lowest BCUT2D eigenvalue weighted by Gasteiger charge is -2.05. The van der Waals surface area contributed by atoms with Crippen LogP contribution in [-0.4, -0.2) is 43.5 Å². The highest BCUT2D eigenvalue weighted by atomic mass is 32.2. The van der Waals surface area contributed by atoms with Crippen molar-refractivity contribution in [3.8, 4) is 0 Å². The van der Waals surface area contributed by atoms with Crippen LogP contribution in [0.1, 0.15) is 18.3 Å². The maximum atomic E-state index is 10.5. The summed E-state index contributed by atoms with van der Waals surface area (Å²) in [6.07, 6.45) is 0. The van der Waals surface area contributed by atoms with Gasteiger partial charge in [0.25, 0.3) is 0 Å². The minimum atomic E-state index is -0.301. The molecule has 7 nitrogen and oxygen atoms in total. The van der Waals surface area contributed by atoms with Gasteiger partial charge < -0.3 is 14.9 Å². The van der Waals surface area contributed by atoms with Crippen LogP contribution in [0.15, 0.2) is 0 Å². The van der Waals surface area contributed by atoms with Crippen LogP contribution in [-0.2, 0) is 28.6 Å². The molecule has 0 fully saturated rings. The summed E-state index contributed by atoms with van der Waals surface area (Å²) in [4.78, 5) is 10.5. The summed E-state index contributed by atoms with van der Waals surface area (Å²) in [6.45, 7) is 1.25. The maximum Gasteiger partial charge on any atom is 0.302 e. The van der Waals surface area contributed by atoms with Gasteiger partial charge in [0, 0.05) is 12.7 Å². The molecule has 1 heterocycles. The Kier molecular flexibility index (Phi) is 5.95. The van der Waals surface area contributed by atoms with E-state index in [2.05, 4.69) is 10.3 Å². The Labute approximate surface area is 103 Å². The number of ether oxygens (including phenoxy) is 1. The number of aliphatic hydroxyl groups excluding tert-OH is 2. The first kappa shape index (κ1) is 13.9. The normalized spacial score (nSPS) is 10.5. The monoisotopic (exact) mass is 261 g/mol. The van der Waals surface area contributed by atoms with Crippen molar-refractivity contribution < 1.29 is 19.7 Å². The third-order valence-electron chi connectivity index (χ3n) is 1.96. The summed E-state index contributed by atoms with van der Waals surface area (Å²) >= 11 is 1.49. The summed E-state index contributed by atoms with van der Waals surface area (Å²) in [5.74, 6) is 0.827. The van der Waals surface area contributed by atoms with Crippen molar-refractivity contribution in [1.29, 1.82) is 0 Å². The Morgan fingerprint density at radius 1 is 1.47 bits per heavy atom. The largest absolute Gasteiger partial charge is 0.465 e. The van der Waals surface area contributed by atoms with Gasteiger partial charge in [0.15, 0.2) is 0 Å². The molecule has 0 unspecified atom stereocenters. The van der Waals surface area contributed by atoms with Gasteiger partial charge in [0.2, 0.25) is 0 Å². The average Bonchev–Trinajstić information content (AvgIpc) is 2.70. The van der Waals surface area contributed by atoms with Crippen LogP contribution in [0.25, 0.3) is 0 Å². The molecule has 0 spiro atoms. The third kappa shape index (κ3) is 4.33. The fourth-order valence-electron chi connectivity index (χ4n) is 1.16. The van der Waals surface area contributed by atoms with E-state index in [1.807, 2.05) is 0 Å². The van der Waals surface area contributed by atoms with Crippen molar-refractivity contribution in [2.75, 3.05) is 12.4 Å². The van der Waals surface area contributed by atoms with Crippen molar-refractivity contribution in [2.45, 2.75) is 26.0 Å². The van der Waals surface area contributed by atoms with Crippen LogP contribution in [0.5, 0.6) is 0 Å². The number of thioether (sulfide) groups is 1. The first-order chi connectivity index (χ1) is 8.19. The summed E-state index contributed by atoms with van der Waals surface area (Å²) in [6, 6.07) is 0. The quantitative estimate of drug-likeness (QED) is 0.505. The Balaban J connectivity index is 2.36. The highest BCUT2D eigenvalue weighted by molar-refractivity contribution is 7.98. The van der Waals surface area contributed by atoms with E-state index in [1.54, 1.807) is 0 Å². The van der Waals surface area contributed by atoms with E-state index in [9.17, 15) is 4.79 Å². The topological polar surface area (TPSA) is 97.5 Å². The zero-order chi connectivity index (χ0) is 12.7. The molecule has 0 saturated carbocycles. The van der Waals surface area contributed by atoms with Gasteiger partial charge in [-0.05, 0) is 0 Å². The molecule has 1 aromatic heterocycles. The summed E-state index contributed by atoms with van der Waals surface area (Å²) in [5, 5.41) is 25.6. The van der Waals surface area contributed by atoms with Crippen molar-refractivity contribution >= 4 is 17.7 Å². The van der Waals surface area contributed by atoms with Crippen molar-refractivity contribution in [3.05, 3.63) is 11.4 Å². The fourth-order valence-corrected chi connectivity index (χ4v) is 1.87. The van der Waals surface area contributed by atoms with Gasteiger partial charge in [0.1, 0.15) is 12.3 Å². The molecule has 0 aliphatic rings. The molecule has 2 N–H and O–H groups in total. The summed E-state index contributed by atoms with van der Waals surface area (Å²) in [7, 11) is 0. The molecule has 1 rings (SSSR count). The lowest BCUT2D eigenvalue weighted by atomic mass is 10.3. The number of carbonyl (C=O) groups is 1. The standard InChI is InChI=1S/C9H15N3O4S/c1-7(15)16-2-3-17-6-12-9(5-14)8(4-13)10-11-12/h13-14H,2-6H2,1H3. The minimum Gasteiger partial charge on any atom is -0.465 e. The molecule has 0 saturated heterocycles. The lowest BCUT2D eigenvalue weighted by Crippen LogP contribution is -2.07. The molecule has 0 aliphatic carbocycles. The molecular weight excluding hydrogens is 246 g/mol. The summed E-state index contributed by atoms with van der Waals surface area (Å²) < 4.78 is 6.29. The fraction of sp³-hybridized carbons (Fsp3) is 0.667. The molecular formula is C9H15N3O4S. The Hall–Kier alpha value is -1.12. The highest BCUT2D eigenvalue weighted by Gasteiger charge is 2.10. The summed E-state index contributed by atoms with van der Waals surface area (Å²) in [5.41, 5.74) is 0.889. The second-order valence-electron chi connectivity index (χ2n) is 3.18. The zero-order valence-corrected chi connectivity index (χ0v) is 10.3. The first-order valence-corrected chi connectivity index (χ1v) is 6.18. The molecule has 96 valence electrons. The molecule has 0 aliphatic heterocycles. The predicted octanol–water partition coefficient (Wildman–Crippen LogP) is -0.483. The van der Waals surface area contributed by atoms with Crippen molar-refractivity contribution in [3.63, 3.8) is 0 Å². The van der Waals surface area contributed by atoms with E-state index in [1.165, 1.54) is 23.4 Å². The average molecular weight is 261 g/mol. The van der Waals surface area contributed by atoms with Gasteiger partial charge in [-0.3, -0.25) is 4.79 Å². The van der Waals surface area contributed by atoms with Crippen LogP contribution in [0, 0.1) is 0 Å². The molecule has 0 atom stereocenters. The van der Waals surface area contributed by atoms with Gasteiger partial charge in [-0.2, -0.15) is 0 Å². The van der Waals surface area contributed by atoms with Gasteiger partial charge in [0.05, 0.1) is 24.8 Å². The molecule has 0 amide bonds. The van der Waals surface area contributed by atoms with E-state index in [-0.39, 0.29) is 19.2 Å². The number of aromatic nitrogens is 3. The van der Waals surface area contributed by atoms with Crippen LogP contribution >= 0.6 is 11.8 Å². The van der Waals surface area contributed by atoms with Gasteiger partial charge in [-0.15, -0.1) is 16.9 Å². The Morgan fingerprint density at radius 2 is 2.24 bits per heavy atom. The number of carbonyl (C=O) groups excluding carboxylic acids is 1. The molecule has 0 radical (unpaired) electrons. The predicted molar refractivity (Wildman–Crippen MR) is 61.0 cm³/mol. The third-order valence-corrected chi connectivity index (χ3v) is 2.85. The van der Waals surface area contributed by atoms with Crippen molar-refractivity contribution in [1.82, 2.24) is 15.0 Å². The first-order valence-electron chi connectivity index (χ1n) is 5.03. The van der Waals surface area contributed by atoms with Crippen LogP contribution in [0.3, 0.4) is 0 Å². The number of rotatable bonds is 7. The zero-order valence-electron chi connectivity index (χ0n) is 9.50. The molecule has 17 heavy (non-hydrogen) atoms. The second-order valence-corrected chi connectivity index (χ2v) is 4.25. The van der Waals surface area contributed by atoms with Crippen molar-refractivity contribution in [2.24, 2.45) is 0 Å². The number of nitrogens with zero attached hydrogens (tertiary/aromatic N) is 3. The Bertz CT molecular complexity index is 369. The molecule has 0 bridgehead atoms. The minimum absolute atomic E-state index is 0.215. The smallest absolute Gasteiger partial charge is 0.302 e. The Morgan fingerprint density at radius 3 is 2.82 bits per heavy atom.